The molecular weight excluding hydrogens is 392 g/mol. The Labute approximate surface area is 171 Å². The van der Waals surface area contributed by atoms with Crippen molar-refractivity contribution in [3.8, 4) is 0 Å². The topological polar surface area (TPSA) is 66.5 Å². The van der Waals surface area contributed by atoms with Gasteiger partial charge in [-0.1, -0.05) is 39.0 Å². The van der Waals surface area contributed by atoms with E-state index in [1.165, 1.54) is 4.31 Å². The molecule has 1 aliphatic rings. The van der Waals surface area contributed by atoms with E-state index in [1.54, 1.807) is 23.5 Å². The number of nitrogens with zero attached hydrogens (tertiary/aromatic N) is 1. The molecule has 2 heterocycles. The number of sulfonamides is 1. The van der Waals surface area contributed by atoms with Crippen molar-refractivity contribution in [2.45, 2.75) is 50.5 Å². The van der Waals surface area contributed by atoms with Gasteiger partial charge in [0, 0.05) is 23.9 Å². The van der Waals surface area contributed by atoms with Crippen LogP contribution in [0.15, 0.2) is 46.7 Å². The van der Waals surface area contributed by atoms with E-state index in [9.17, 15) is 13.2 Å². The van der Waals surface area contributed by atoms with E-state index in [0.717, 1.165) is 10.4 Å². The van der Waals surface area contributed by atoms with Crippen LogP contribution in [0, 0.1) is 5.92 Å². The number of carbonyl (C=O) groups is 1. The molecule has 1 N–H and O–H groups in total. The van der Waals surface area contributed by atoms with E-state index in [0.29, 0.717) is 37.4 Å². The third-order valence-corrected chi connectivity index (χ3v) is 7.99. The highest BCUT2D eigenvalue weighted by Crippen LogP contribution is 2.27. The summed E-state index contributed by atoms with van der Waals surface area (Å²) in [5, 5.41) is 4.95. The highest BCUT2D eigenvalue weighted by Gasteiger charge is 2.32. The van der Waals surface area contributed by atoms with Gasteiger partial charge in [0.05, 0.1) is 11.4 Å². The highest BCUT2D eigenvalue weighted by atomic mass is 32.2. The summed E-state index contributed by atoms with van der Waals surface area (Å²) in [6, 6.07) is 11.1. The summed E-state index contributed by atoms with van der Waals surface area (Å²) < 4.78 is 27.4. The molecule has 1 amide bonds. The molecule has 7 heteroatoms. The first kappa shape index (κ1) is 21.0. The highest BCUT2D eigenvalue weighted by molar-refractivity contribution is 7.89. The number of rotatable bonds is 5. The van der Waals surface area contributed by atoms with Gasteiger partial charge in [-0.3, -0.25) is 4.79 Å². The minimum Gasteiger partial charge on any atom is -0.351 e. The van der Waals surface area contributed by atoms with E-state index >= 15 is 0 Å². The van der Waals surface area contributed by atoms with Crippen LogP contribution in [0.5, 0.6) is 0 Å². The maximum absolute atomic E-state index is 12.9. The van der Waals surface area contributed by atoms with Crippen molar-refractivity contribution in [2.24, 2.45) is 5.92 Å². The number of benzene rings is 1. The number of thiophene rings is 1. The maximum atomic E-state index is 12.9. The van der Waals surface area contributed by atoms with Crippen LogP contribution >= 0.6 is 11.3 Å². The van der Waals surface area contributed by atoms with Crippen LogP contribution < -0.4 is 5.32 Å². The van der Waals surface area contributed by atoms with Crippen molar-refractivity contribution in [2.75, 3.05) is 13.1 Å². The molecule has 0 radical (unpaired) electrons. The molecule has 5 nitrogen and oxygen atoms in total. The molecule has 0 bridgehead atoms. The first-order chi connectivity index (χ1) is 13.2. The zero-order valence-corrected chi connectivity index (χ0v) is 18.3. The summed E-state index contributed by atoms with van der Waals surface area (Å²) in [7, 11) is -3.52. The average molecular weight is 421 g/mol. The van der Waals surface area contributed by atoms with E-state index in [2.05, 4.69) is 26.1 Å². The fourth-order valence-electron chi connectivity index (χ4n) is 3.37. The van der Waals surface area contributed by atoms with Crippen molar-refractivity contribution >= 4 is 27.3 Å². The molecule has 1 aliphatic heterocycles. The lowest BCUT2D eigenvalue weighted by molar-refractivity contribution is -0.126. The third-order valence-electron chi connectivity index (χ3n) is 5.20. The Hall–Kier alpha value is -1.70. The summed E-state index contributed by atoms with van der Waals surface area (Å²) >= 11 is 1.61. The molecule has 3 rings (SSSR count). The summed E-state index contributed by atoms with van der Waals surface area (Å²) in [6.45, 7) is 7.59. The molecule has 1 aromatic carbocycles. The predicted molar refractivity (Wildman–Crippen MR) is 113 cm³/mol. The van der Waals surface area contributed by atoms with Gasteiger partial charge in [-0.15, -0.1) is 11.3 Å². The third kappa shape index (κ3) is 4.82. The quantitative estimate of drug-likeness (QED) is 0.801. The minimum atomic E-state index is -3.52. The molecule has 1 aromatic heterocycles. The zero-order valence-electron chi connectivity index (χ0n) is 16.6. The van der Waals surface area contributed by atoms with E-state index in [-0.39, 0.29) is 17.2 Å². The molecule has 0 atom stereocenters. The molecule has 1 fully saturated rings. The van der Waals surface area contributed by atoms with Crippen molar-refractivity contribution in [3.63, 3.8) is 0 Å². The standard InChI is InChI=1S/C21H28N2O3S2/c1-21(2,3)17-6-8-19(9-7-17)28(25,26)23-12-10-16(11-13-23)20(24)22-15-18-5-4-14-27-18/h4-9,14,16H,10-13,15H2,1-3H3,(H,22,24). The van der Waals surface area contributed by atoms with Gasteiger partial charge < -0.3 is 5.32 Å². The van der Waals surface area contributed by atoms with Gasteiger partial charge in [-0.05, 0) is 47.4 Å². The van der Waals surface area contributed by atoms with Gasteiger partial charge in [0.15, 0.2) is 0 Å². The van der Waals surface area contributed by atoms with Gasteiger partial charge >= 0.3 is 0 Å². The van der Waals surface area contributed by atoms with Gasteiger partial charge in [-0.25, -0.2) is 8.42 Å². The lowest BCUT2D eigenvalue weighted by atomic mass is 9.87. The lowest BCUT2D eigenvalue weighted by Gasteiger charge is -2.30. The number of amides is 1. The Kier molecular flexibility index (Phi) is 6.27. The Morgan fingerprint density at radius 2 is 1.79 bits per heavy atom. The van der Waals surface area contributed by atoms with Crippen LogP contribution in [-0.2, 0) is 26.8 Å². The molecule has 0 saturated carbocycles. The molecule has 0 unspecified atom stereocenters. The van der Waals surface area contributed by atoms with Gasteiger partial charge in [-0.2, -0.15) is 4.31 Å². The van der Waals surface area contributed by atoms with Gasteiger partial charge in [0.2, 0.25) is 15.9 Å². The summed E-state index contributed by atoms with van der Waals surface area (Å²) in [4.78, 5) is 13.8. The van der Waals surface area contributed by atoms with Crippen molar-refractivity contribution < 1.29 is 13.2 Å². The second-order valence-corrected chi connectivity index (χ2v) is 11.2. The lowest BCUT2D eigenvalue weighted by Crippen LogP contribution is -2.42. The summed E-state index contributed by atoms with van der Waals surface area (Å²) in [5.74, 6) is -0.116. The Bertz CT molecular complexity index is 890. The van der Waals surface area contributed by atoms with Crippen molar-refractivity contribution in [3.05, 3.63) is 52.2 Å². The second-order valence-electron chi connectivity index (χ2n) is 8.25. The SMILES string of the molecule is CC(C)(C)c1ccc(S(=O)(=O)N2CCC(C(=O)NCc3cccs3)CC2)cc1. The molecule has 0 spiro atoms. The monoisotopic (exact) mass is 420 g/mol. The van der Waals surface area contributed by atoms with Crippen LogP contribution in [-0.4, -0.2) is 31.7 Å². The maximum Gasteiger partial charge on any atom is 0.243 e. The van der Waals surface area contributed by atoms with E-state index in [4.69, 9.17) is 0 Å². The molecule has 1 saturated heterocycles. The van der Waals surface area contributed by atoms with Crippen LogP contribution in [0.3, 0.4) is 0 Å². The fraction of sp³-hybridized carbons (Fsp3) is 0.476. The number of piperidine rings is 1. The molecular formula is C21H28N2O3S2. The zero-order chi connectivity index (χ0) is 20.4. The van der Waals surface area contributed by atoms with Crippen LogP contribution in [0.1, 0.15) is 44.1 Å². The van der Waals surface area contributed by atoms with Crippen LogP contribution in [0.4, 0.5) is 0 Å². The smallest absolute Gasteiger partial charge is 0.243 e. The normalized spacial score (nSPS) is 16.8. The summed E-state index contributed by atoms with van der Waals surface area (Å²) in [5.41, 5.74) is 1.09. The Morgan fingerprint density at radius 3 is 2.32 bits per heavy atom. The Morgan fingerprint density at radius 1 is 1.14 bits per heavy atom. The first-order valence-electron chi connectivity index (χ1n) is 9.59. The minimum absolute atomic E-state index is 0.0139. The molecule has 2 aromatic rings. The van der Waals surface area contributed by atoms with Gasteiger partial charge in [0.25, 0.3) is 0 Å². The first-order valence-corrected chi connectivity index (χ1v) is 11.9. The largest absolute Gasteiger partial charge is 0.351 e. The van der Waals surface area contributed by atoms with E-state index < -0.39 is 10.0 Å². The van der Waals surface area contributed by atoms with Gasteiger partial charge in [0.1, 0.15) is 0 Å². The second kappa shape index (κ2) is 8.35. The van der Waals surface area contributed by atoms with Crippen molar-refractivity contribution in [1.29, 1.82) is 0 Å². The summed E-state index contributed by atoms with van der Waals surface area (Å²) in [6.07, 6.45) is 1.10. The predicted octanol–water partition coefficient (Wildman–Crippen LogP) is 3.76. The molecule has 152 valence electrons. The average Bonchev–Trinajstić information content (AvgIpc) is 3.19. The van der Waals surface area contributed by atoms with Crippen LogP contribution in [0.25, 0.3) is 0 Å². The number of nitrogens with one attached hydrogen (secondary N) is 1. The number of hydrogen-bond acceptors (Lipinski definition) is 4. The Balaban J connectivity index is 1.58. The number of carbonyl (C=O) groups excluding carboxylic acids is 1. The molecule has 28 heavy (non-hydrogen) atoms. The number of hydrogen-bond donors (Lipinski definition) is 1. The fourth-order valence-corrected chi connectivity index (χ4v) is 5.48. The van der Waals surface area contributed by atoms with Crippen LogP contribution in [0.2, 0.25) is 0 Å². The van der Waals surface area contributed by atoms with E-state index in [1.807, 2.05) is 29.6 Å². The molecule has 0 aliphatic carbocycles. The van der Waals surface area contributed by atoms with Crippen molar-refractivity contribution in [1.82, 2.24) is 9.62 Å².